The summed E-state index contributed by atoms with van der Waals surface area (Å²) < 4.78 is 6.60. The number of hydrogen-bond acceptors (Lipinski definition) is 4. The van der Waals surface area contributed by atoms with Crippen LogP contribution in [0.5, 0.6) is 0 Å². The highest BCUT2D eigenvalue weighted by Crippen LogP contribution is 2.12. The monoisotopic (exact) mass is 269 g/mol. The second kappa shape index (κ2) is 6.02. The molecule has 0 spiro atoms. The number of esters is 1. The van der Waals surface area contributed by atoms with Crippen LogP contribution in [-0.4, -0.2) is 22.4 Å². The number of aryl methyl sites for hydroxylation is 1. The lowest BCUT2D eigenvalue weighted by atomic mass is 10.1. The minimum atomic E-state index is -0.365. The van der Waals surface area contributed by atoms with E-state index in [4.69, 9.17) is 10.00 Å². The second-order valence-corrected chi connectivity index (χ2v) is 4.40. The van der Waals surface area contributed by atoms with Crippen molar-refractivity contribution >= 4 is 5.97 Å². The summed E-state index contributed by atoms with van der Waals surface area (Å²) in [6, 6.07) is 7.62. The molecular weight excluding hydrogens is 254 g/mol. The predicted octanol–water partition coefficient (Wildman–Crippen LogP) is 2.29. The number of carbonyl (C=O) groups is 1. The van der Waals surface area contributed by atoms with Gasteiger partial charge >= 0.3 is 5.97 Å². The number of aromatic nitrogens is 2. The largest absolute Gasteiger partial charge is 0.462 e. The van der Waals surface area contributed by atoms with Crippen molar-refractivity contribution in [2.75, 3.05) is 6.61 Å². The van der Waals surface area contributed by atoms with E-state index in [1.54, 1.807) is 23.9 Å². The van der Waals surface area contributed by atoms with Crippen molar-refractivity contribution in [1.29, 1.82) is 5.26 Å². The summed E-state index contributed by atoms with van der Waals surface area (Å²) in [5.74, 6) is -0.365. The molecule has 0 fully saturated rings. The zero-order valence-electron chi connectivity index (χ0n) is 11.5. The van der Waals surface area contributed by atoms with Gasteiger partial charge in [0.1, 0.15) is 0 Å². The van der Waals surface area contributed by atoms with Crippen LogP contribution in [0.3, 0.4) is 0 Å². The van der Waals surface area contributed by atoms with Gasteiger partial charge in [0.05, 0.1) is 36.5 Å². The van der Waals surface area contributed by atoms with Crippen LogP contribution in [0.25, 0.3) is 0 Å². The third-order valence-electron chi connectivity index (χ3n) is 2.95. The van der Waals surface area contributed by atoms with Crippen molar-refractivity contribution in [2.24, 2.45) is 0 Å². The second-order valence-electron chi connectivity index (χ2n) is 4.40. The van der Waals surface area contributed by atoms with Crippen LogP contribution in [-0.2, 0) is 11.3 Å². The first-order chi connectivity index (χ1) is 9.63. The molecule has 0 saturated carbocycles. The van der Waals surface area contributed by atoms with E-state index >= 15 is 0 Å². The Morgan fingerprint density at radius 2 is 2.30 bits per heavy atom. The molecule has 2 rings (SSSR count). The van der Waals surface area contributed by atoms with Crippen molar-refractivity contribution in [2.45, 2.75) is 20.4 Å². The van der Waals surface area contributed by atoms with Crippen molar-refractivity contribution in [1.82, 2.24) is 9.78 Å². The van der Waals surface area contributed by atoms with Gasteiger partial charge in [0, 0.05) is 6.20 Å². The molecular formula is C15H15N3O2. The SMILES string of the molecule is CCOC(=O)c1cnn(Cc2ccc(C#N)cc2C)c1. The minimum absolute atomic E-state index is 0.346. The topological polar surface area (TPSA) is 67.9 Å². The van der Waals surface area contributed by atoms with Gasteiger partial charge in [-0.3, -0.25) is 4.68 Å². The molecule has 1 aromatic carbocycles. The molecule has 5 nitrogen and oxygen atoms in total. The molecule has 102 valence electrons. The van der Waals surface area contributed by atoms with Crippen LogP contribution >= 0.6 is 0 Å². The molecule has 5 heteroatoms. The van der Waals surface area contributed by atoms with Gasteiger partial charge in [-0.2, -0.15) is 10.4 Å². The number of hydrogen-bond donors (Lipinski definition) is 0. The van der Waals surface area contributed by atoms with Crippen molar-refractivity contribution in [3.05, 3.63) is 52.8 Å². The number of nitriles is 1. The maximum atomic E-state index is 11.5. The standard InChI is InChI=1S/C15H15N3O2/c1-3-20-15(19)14-8-17-18(10-14)9-13-5-4-12(7-16)6-11(13)2/h4-6,8,10H,3,9H2,1-2H3. The van der Waals surface area contributed by atoms with Gasteiger partial charge in [-0.1, -0.05) is 6.07 Å². The van der Waals surface area contributed by atoms with E-state index in [-0.39, 0.29) is 5.97 Å². The molecule has 1 aromatic heterocycles. The van der Waals surface area contributed by atoms with Gasteiger partial charge in [0.2, 0.25) is 0 Å². The molecule has 0 unspecified atom stereocenters. The molecule has 0 aliphatic carbocycles. The Hall–Kier alpha value is -2.61. The van der Waals surface area contributed by atoms with E-state index in [1.165, 1.54) is 6.20 Å². The summed E-state index contributed by atoms with van der Waals surface area (Å²) in [7, 11) is 0. The average molecular weight is 269 g/mol. The summed E-state index contributed by atoms with van der Waals surface area (Å²) in [6.45, 7) is 4.62. The van der Waals surface area contributed by atoms with E-state index in [1.807, 2.05) is 19.1 Å². The van der Waals surface area contributed by atoms with E-state index in [2.05, 4.69) is 11.2 Å². The predicted molar refractivity (Wildman–Crippen MR) is 73.2 cm³/mol. The highest BCUT2D eigenvalue weighted by Gasteiger charge is 2.10. The molecule has 0 saturated heterocycles. The molecule has 0 aliphatic heterocycles. The Bertz CT molecular complexity index is 668. The first kappa shape index (κ1) is 13.8. The van der Waals surface area contributed by atoms with Crippen LogP contribution in [0.1, 0.15) is 34.0 Å². The Morgan fingerprint density at radius 3 is 2.95 bits per heavy atom. The van der Waals surface area contributed by atoms with Crippen LogP contribution < -0.4 is 0 Å². The van der Waals surface area contributed by atoms with Gasteiger partial charge < -0.3 is 4.74 Å². The third-order valence-corrected chi connectivity index (χ3v) is 2.95. The number of nitrogens with zero attached hydrogens (tertiary/aromatic N) is 3. The van der Waals surface area contributed by atoms with E-state index < -0.39 is 0 Å². The summed E-state index contributed by atoms with van der Waals surface area (Å²) in [6.07, 6.45) is 3.16. The number of rotatable bonds is 4. The Labute approximate surface area is 117 Å². The van der Waals surface area contributed by atoms with Gasteiger partial charge in [-0.25, -0.2) is 4.79 Å². The fourth-order valence-electron chi connectivity index (χ4n) is 1.89. The molecule has 0 atom stereocenters. The average Bonchev–Trinajstić information content (AvgIpc) is 2.90. The van der Waals surface area contributed by atoms with Gasteiger partial charge in [-0.05, 0) is 37.1 Å². The fraction of sp³-hybridized carbons (Fsp3) is 0.267. The summed E-state index contributed by atoms with van der Waals surface area (Å²) in [5.41, 5.74) is 3.16. The molecule has 20 heavy (non-hydrogen) atoms. The number of carbonyl (C=O) groups excluding carboxylic acids is 1. The van der Waals surface area contributed by atoms with Gasteiger partial charge in [0.25, 0.3) is 0 Å². The third kappa shape index (κ3) is 3.04. The summed E-state index contributed by atoms with van der Waals surface area (Å²) in [4.78, 5) is 11.5. The minimum Gasteiger partial charge on any atom is -0.462 e. The highest BCUT2D eigenvalue weighted by atomic mass is 16.5. The molecule has 0 aliphatic rings. The maximum absolute atomic E-state index is 11.5. The highest BCUT2D eigenvalue weighted by molar-refractivity contribution is 5.88. The van der Waals surface area contributed by atoms with Crippen LogP contribution in [0.4, 0.5) is 0 Å². The lowest BCUT2D eigenvalue weighted by Crippen LogP contribution is -2.04. The zero-order chi connectivity index (χ0) is 14.5. The quantitative estimate of drug-likeness (QED) is 0.799. The van der Waals surface area contributed by atoms with E-state index in [9.17, 15) is 4.79 Å². The molecule has 0 N–H and O–H groups in total. The Balaban J connectivity index is 2.15. The molecule has 0 bridgehead atoms. The van der Waals surface area contributed by atoms with Gasteiger partial charge in [0.15, 0.2) is 0 Å². The molecule has 2 aromatic rings. The fourth-order valence-corrected chi connectivity index (χ4v) is 1.89. The first-order valence-electron chi connectivity index (χ1n) is 6.33. The summed E-state index contributed by atoms with van der Waals surface area (Å²) >= 11 is 0. The zero-order valence-corrected chi connectivity index (χ0v) is 11.5. The number of ether oxygens (including phenoxy) is 1. The van der Waals surface area contributed by atoms with E-state index in [0.29, 0.717) is 24.3 Å². The van der Waals surface area contributed by atoms with Crippen LogP contribution in [0, 0.1) is 18.3 Å². The van der Waals surface area contributed by atoms with Crippen molar-refractivity contribution < 1.29 is 9.53 Å². The smallest absolute Gasteiger partial charge is 0.341 e. The van der Waals surface area contributed by atoms with Gasteiger partial charge in [-0.15, -0.1) is 0 Å². The lowest BCUT2D eigenvalue weighted by Gasteiger charge is -2.06. The lowest BCUT2D eigenvalue weighted by molar-refractivity contribution is 0.0526. The first-order valence-corrected chi connectivity index (χ1v) is 6.33. The Morgan fingerprint density at radius 1 is 1.50 bits per heavy atom. The molecule has 0 amide bonds. The molecule has 0 radical (unpaired) electrons. The maximum Gasteiger partial charge on any atom is 0.341 e. The summed E-state index contributed by atoms with van der Waals surface area (Å²) in [5, 5.41) is 13.0. The Kier molecular flexibility index (Phi) is 4.16. The van der Waals surface area contributed by atoms with Crippen molar-refractivity contribution in [3.8, 4) is 6.07 Å². The van der Waals surface area contributed by atoms with Crippen LogP contribution in [0.15, 0.2) is 30.6 Å². The molecule has 1 heterocycles. The number of benzene rings is 1. The van der Waals surface area contributed by atoms with E-state index in [0.717, 1.165) is 11.1 Å². The van der Waals surface area contributed by atoms with Crippen LogP contribution in [0.2, 0.25) is 0 Å². The van der Waals surface area contributed by atoms with Crippen molar-refractivity contribution in [3.63, 3.8) is 0 Å². The normalized spacial score (nSPS) is 10.1.